The molecule has 0 saturated heterocycles. The normalized spacial score (nSPS) is 20.4. The van der Waals surface area contributed by atoms with Gasteiger partial charge in [-0.1, -0.05) is 18.2 Å². The number of hydrogen-bond acceptors (Lipinski definition) is 7. The van der Waals surface area contributed by atoms with Crippen LogP contribution in [0.2, 0.25) is 0 Å². The van der Waals surface area contributed by atoms with Crippen molar-refractivity contribution >= 4 is 17.7 Å². The van der Waals surface area contributed by atoms with E-state index in [-0.39, 0.29) is 18.3 Å². The minimum atomic E-state index is -1.10. The minimum absolute atomic E-state index is 0.0870. The lowest BCUT2D eigenvalue weighted by molar-refractivity contribution is -0.145. The maximum Gasteiger partial charge on any atom is 0.311 e. The first kappa shape index (κ1) is 24.2. The number of likely N-dealkylation sites (N-methyl/N-ethyl adjacent to an activating group) is 1. The summed E-state index contributed by atoms with van der Waals surface area (Å²) in [7, 11) is 4.47. The number of benzene rings is 1. The number of aromatic hydroxyl groups is 1. The van der Waals surface area contributed by atoms with Gasteiger partial charge in [0, 0.05) is 32.7 Å². The number of nitrogens with one attached hydrogen (secondary N) is 2. The first-order valence-corrected chi connectivity index (χ1v) is 11.4. The highest BCUT2D eigenvalue weighted by Crippen LogP contribution is 2.42. The number of fused-ring (bicyclic) bond motifs is 2. The first-order valence-electron chi connectivity index (χ1n) is 11.4. The molecule has 11 nitrogen and oxygen atoms in total. The summed E-state index contributed by atoms with van der Waals surface area (Å²) >= 11 is 0. The molecule has 1 aromatic heterocycles. The lowest BCUT2D eigenvalue weighted by Gasteiger charge is -2.37. The second-order valence-corrected chi connectivity index (χ2v) is 9.22. The summed E-state index contributed by atoms with van der Waals surface area (Å²) in [5.74, 6) is -2.11. The third-order valence-corrected chi connectivity index (χ3v) is 6.77. The summed E-state index contributed by atoms with van der Waals surface area (Å²) in [5, 5.41) is 16.1. The van der Waals surface area contributed by atoms with Crippen molar-refractivity contribution in [2.75, 3.05) is 21.2 Å². The number of aromatic nitrogens is 2. The van der Waals surface area contributed by atoms with Gasteiger partial charge in [-0.15, -0.1) is 0 Å². The number of nitrogens with zero attached hydrogens (tertiary/aromatic N) is 3. The Kier molecular flexibility index (Phi) is 6.51. The molecule has 1 fully saturated rings. The van der Waals surface area contributed by atoms with Gasteiger partial charge in [0.25, 0.3) is 11.5 Å². The maximum absolute atomic E-state index is 13.1. The van der Waals surface area contributed by atoms with Crippen LogP contribution in [0.3, 0.4) is 0 Å². The van der Waals surface area contributed by atoms with Crippen LogP contribution < -0.4 is 20.9 Å². The number of carbonyl (C=O) groups is 3. The van der Waals surface area contributed by atoms with E-state index in [4.69, 9.17) is 4.74 Å². The minimum Gasteiger partial charge on any atom is -0.501 e. The number of para-hydroxylation sites is 1. The fraction of sp³-hybridized carbons (Fsp3) is 0.458. The zero-order valence-corrected chi connectivity index (χ0v) is 20.0. The largest absolute Gasteiger partial charge is 0.501 e. The summed E-state index contributed by atoms with van der Waals surface area (Å²) in [4.78, 5) is 56.7. The molecule has 2 aromatic rings. The summed E-state index contributed by atoms with van der Waals surface area (Å²) in [6, 6.07) is 7.13. The van der Waals surface area contributed by atoms with Gasteiger partial charge in [-0.05, 0) is 37.7 Å². The summed E-state index contributed by atoms with van der Waals surface area (Å²) in [6.45, 7) is 0.404. The molecule has 1 aromatic carbocycles. The Balaban J connectivity index is 1.71. The predicted molar refractivity (Wildman–Crippen MR) is 125 cm³/mol. The van der Waals surface area contributed by atoms with E-state index in [9.17, 15) is 24.3 Å². The van der Waals surface area contributed by atoms with Crippen LogP contribution in [0.25, 0.3) is 0 Å². The molecule has 2 aliphatic heterocycles. The van der Waals surface area contributed by atoms with E-state index in [0.29, 0.717) is 43.5 Å². The van der Waals surface area contributed by atoms with Gasteiger partial charge in [-0.3, -0.25) is 23.7 Å². The van der Waals surface area contributed by atoms with Gasteiger partial charge in [-0.2, -0.15) is 0 Å². The van der Waals surface area contributed by atoms with Gasteiger partial charge in [0.15, 0.2) is 5.69 Å². The molecule has 2 bridgehead atoms. The molecule has 0 unspecified atom stereocenters. The number of methoxy groups -OCH3 is 1. The first-order chi connectivity index (χ1) is 16.7. The number of hydrogen-bond donors (Lipinski definition) is 3. The zero-order chi connectivity index (χ0) is 25.3. The molecule has 3 N–H and O–H groups in total. The lowest BCUT2D eigenvalue weighted by atomic mass is 9.77. The Hall–Kier alpha value is -3.89. The monoisotopic (exact) mass is 483 g/mol. The van der Waals surface area contributed by atoms with E-state index in [1.54, 1.807) is 24.3 Å². The van der Waals surface area contributed by atoms with Gasteiger partial charge >= 0.3 is 11.8 Å². The molecule has 186 valence electrons. The SMILES string of the molecule is COc1ccccc1CNC(=O)c1nc2n(c(=O)c1O)CC1CCC2(NC(=O)C(=O)N(C)C)CC1. The van der Waals surface area contributed by atoms with Gasteiger partial charge in [0.1, 0.15) is 11.6 Å². The van der Waals surface area contributed by atoms with Crippen LogP contribution in [0.1, 0.15) is 47.6 Å². The number of ether oxygens (including phenoxy) is 1. The standard InChI is InChI=1S/C24H29N5O6/c1-28(2)22(34)20(32)27-24-10-8-14(9-11-24)13-29-21(33)18(30)17(26-23(24)29)19(31)25-12-15-6-4-5-7-16(15)35-3/h4-7,14,30H,8-13H2,1-3H3,(H,25,31)(H,27,32). The van der Waals surface area contributed by atoms with Crippen molar-refractivity contribution in [3.05, 3.63) is 51.7 Å². The van der Waals surface area contributed by atoms with Crippen LogP contribution in [0, 0.1) is 5.92 Å². The van der Waals surface area contributed by atoms with Crippen LogP contribution in [0.5, 0.6) is 11.5 Å². The molecule has 0 atom stereocenters. The summed E-state index contributed by atoms with van der Waals surface area (Å²) < 4.78 is 6.62. The van der Waals surface area contributed by atoms with E-state index in [1.807, 2.05) is 0 Å². The smallest absolute Gasteiger partial charge is 0.311 e. The second-order valence-electron chi connectivity index (χ2n) is 9.22. The van der Waals surface area contributed by atoms with Crippen LogP contribution in [-0.4, -0.2) is 58.5 Å². The second kappa shape index (κ2) is 9.40. The number of amides is 3. The maximum atomic E-state index is 13.1. The van der Waals surface area contributed by atoms with Crippen molar-refractivity contribution in [3.63, 3.8) is 0 Å². The molecule has 35 heavy (non-hydrogen) atoms. The Bertz CT molecular complexity index is 1230. The topological polar surface area (TPSA) is 143 Å². The molecular weight excluding hydrogens is 454 g/mol. The third kappa shape index (κ3) is 4.45. The van der Waals surface area contributed by atoms with Crippen molar-refractivity contribution in [1.29, 1.82) is 0 Å². The molecular formula is C24H29N5O6. The van der Waals surface area contributed by atoms with E-state index in [0.717, 1.165) is 0 Å². The van der Waals surface area contributed by atoms with Crippen LogP contribution in [0.15, 0.2) is 29.1 Å². The van der Waals surface area contributed by atoms with E-state index < -0.39 is 40.3 Å². The zero-order valence-electron chi connectivity index (χ0n) is 20.0. The summed E-state index contributed by atoms with van der Waals surface area (Å²) in [5.41, 5.74) is -1.56. The van der Waals surface area contributed by atoms with Gasteiger partial charge in [-0.25, -0.2) is 4.98 Å². The van der Waals surface area contributed by atoms with E-state index in [1.165, 1.54) is 30.7 Å². The van der Waals surface area contributed by atoms with Crippen LogP contribution in [-0.2, 0) is 28.2 Å². The summed E-state index contributed by atoms with van der Waals surface area (Å²) in [6.07, 6.45) is 2.33. The average Bonchev–Trinajstić information content (AvgIpc) is 3.10. The van der Waals surface area contributed by atoms with Crippen LogP contribution >= 0.6 is 0 Å². The molecule has 0 spiro atoms. The fourth-order valence-corrected chi connectivity index (χ4v) is 4.84. The lowest BCUT2D eigenvalue weighted by Crippen LogP contribution is -2.53. The quantitative estimate of drug-likeness (QED) is 0.525. The van der Waals surface area contributed by atoms with Gasteiger partial charge in [0.2, 0.25) is 5.75 Å². The molecule has 5 rings (SSSR count). The molecule has 3 amide bonds. The Morgan fingerprint density at radius 3 is 2.57 bits per heavy atom. The van der Waals surface area contributed by atoms with Crippen molar-refractivity contribution in [3.8, 4) is 11.5 Å². The van der Waals surface area contributed by atoms with Crippen molar-refractivity contribution in [1.82, 2.24) is 25.1 Å². The predicted octanol–water partition coefficient (Wildman–Crippen LogP) is 0.491. The Labute approximate surface area is 202 Å². The molecule has 3 heterocycles. The van der Waals surface area contributed by atoms with Gasteiger partial charge in [0.05, 0.1) is 12.6 Å². The van der Waals surface area contributed by atoms with Gasteiger partial charge < -0.3 is 25.4 Å². The molecule has 1 saturated carbocycles. The highest BCUT2D eigenvalue weighted by Gasteiger charge is 2.46. The number of carbonyl (C=O) groups excluding carboxylic acids is 3. The molecule has 1 aliphatic carbocycles. The average molecular weight is 484 g/mol. The Morgan fingerprint density at radius 2 is 1.91 bits per heavy atom. The molecule has 3 aliphatic rings. The fourth-order valence-electron chi connectivity index (χ4n) is 4.84. The highest BCUT2D eigenvalue weighted by molar-refractivity contribution is 6.35. The van der Waals surface area contributed by atoms with Crippen molar-refractivity contribution in [2.24, 2.45) is 5.92 Å². The molecule has 0 radical (unpaired) electrons. The Morgan fingerprint density at radius 1 is 1.23 bits per heavy atom. The van der Waals surface area contributed by atoms with Crippen LogP contribution in [0.4, 0.5) is 0 Å². The highest BCUT2D eigenvalue weighted by atomic mass is 16.5. The van der Waals surface area contributed by atoms with Crippen molar-refractivity contribution in [2.45, 2.75) is 44.3 Å². The van der Waals surface area contributed by atoms with Crippen molar-refractivity contribution < 1.29 is 24.2 Å². The molecule has 11 heteroatoms. The third-order valence-electron chi connectivity index (χ3n) is 6.77. The number of rotatable bonds is 5. The van der Waals surface area contributed by atoms with E-state index >= 15 is 0 Å². The van der Waals surface area contributed by atoms with E-state index in [2.05, 4.69) is 15.6 Å².